The number of carboxylic acid groups (broad SMARTS) is 1. The minimum absolute atomic E-state index is 0.0810. The van der Waals surface area contributed by atoms with Crippen LogP contribution in [0.25, 0.3) is 0 Å². The van der Waals surface area contributed by atoms with Gasteiger partial charge < -0.3 is 15.2 Å². The van der Waals surface area contributed by atoms with E-state index < -0.39 is 47.0 Å². The molecule has 0 saturated heterocycles. The molecule has 3 rings (SSSR count). The number of aliphatic carboxylic acids is 1. The molecular formula is C23H21ClF4NO3-. The lowest BCUT2D eigenvalue weighted by atomic mass is 9.83. The lowest BCUT2D eigenvalue weighted by Gasteiger charge is -2.27. The maximum atomic E-state index is 14.5. The molecular weight excluding hydrogens is 450 g/mol. The Kier molecular flexibility index (Phi) is 6.56. The summed E-state index contributed by atoms with van der Waals surface area (Å²) >= 11 is 5.81. The molecule has 0 aromatic heterocycles. The predicted molar refractivity (Wildman–Crippen MR) is 110 cm³/mol. The van der Waals surface area contributed by atoms with Gasteiger partial charge in [0.25, 0.3) is 0 Å². The van der Waals surface area contributed by atoms with Gasteiger partial charge in [0, 0.05) is 22.3 Å². The maximum absolute atomic E-state index is 14.5. The zero-order valence-electron chi connectivity index (χ0n) is 17.3. The highest BCUT2D eigenvalue weighted by atomic mass is 35.5. The first-order chi connectivity index (χ1) is 14.9. The molecule has 0 aliphatic heterocycles. The van der Waals surface area contributed by atoms with Crippen molar-refractivity contribution in [1.82, 2.24) is 0 Å². The van der Waals surface area contributed by atoms with Crippen LogP contribution < -0.4 is 10.4 Å². The molecule has 0 bridgehead atoms. The summed E-state index contributed by atoms with van der Waals surface area (Å²) in [6.07, 6.45) is -3.59. The Bertz CT molecular complexity index is 1020. The van der Waals surface area contributed by atoms with Crippen LogP contribution >= 0.6 is 11.6 Å². The van der Waals surface area contributed by atoms with Crippen LogP contribution in [0.4, 0.5) is 23.2 Å². The molecule has 9 heteroatoms. The average Bonchev–Trinajstić information content (AvgIpc) is 3.51. The largest absolute Gasteiger partial charge is 0.550 e. The minimum Gasteiger partial charge on any atom is -0.550 e. The fourth-order valence-corrected chi connectivity index (χ4v) is 4.13. The Morgan fingerprint density at radius 3 is 2.19 bits per heavy atom. The predicted octanol–water partition coefficient (Wildman–Crippen LogP) is 4.82. The average molecular weight is 471 g/mol. The van der Waals surface area contributed by atoms with Gasteiger partial charge in [-0.1, -0.05) is 43.6 Å². The topological polar surface area (TPSA) is 69.2 Å². The van der Waals surface area contributed by atoms with E-state index in [2.05, 4.69) is 5.32 Å². The van der Waals surface area contributed by atoms with Gasteiger partial charge in [0.05, 0.1) is 17.5 Å². The third-order valence-electron chi connectivity index (χ3n) is 6.30. The van der Waals surface area contributed by atoms with E-state index in [0.717, 1.165) is 13.0 Å². The third-order valence-corrected chi connectivity index (χ3v) is 6.55. The Hall–Kier alpha value is -2.61. The SMILES string of the molecule is CC(C(=O)[O-])C1(c2ccc(F)c(NC(=O)[C@H](c3ccc(Cl)cc3)[C@@H](C)C(F)(F)F)c2)CC1. The maximum Gasteiger partial charge on any atom is 0.392 e. The highest BCUT2D eigenvalue weighted by Gasteiger charge is 2.49. The third kappa shape index (κ3) is 4.75. The summed E-state index contributed by atoms with van der Waals surface area (Å²) in [6.45, 7) is 2.37. The zero-order chi connectivity index (χ0) is 23.8. The van der Waals surface area contributed by atoms with Crippen molar-refractivity contribution >= 4 is 29.2 Å². The summed E-state index contributed by atoms with van der Waals surface area (Å²) in [7, 11) is 0. The van der Waals surface area contributed by atoms with Gasteiger partial charge in [-0.3, -0.25) is 4.79 Å². The smallest absolute Gasteiger partial charge is 0.392 e. The molecule has 2 aromatic rings. The lowest BCUT2D eigenvalue weighted by Crippen LogP contribution is -2.37. The molecule has 0 spiro atoms. The van der Waals surface area contributed by atoms with Crippen LogP contribution in [-0.2, 0) is 15.0 Å². The highest BCUT2D eigenvalue weighted by molar-refractivity contribution is 6.30. The molecule has 1 saturated carbocycles. The number of anilines is 1. The Balaban J connectivity index is 1.94. The molecule has 1 N–H and O–H groups in total. The van der Waals surface area contributed by atoms with Crippen molar-refractivity contribution in [3.8, 4) is 0 Å². The number of carbonyl (C=O) groups is 2. The summed E-state index contributed by atoms with van der Waals surface area (Å²) < 4.78 is 55.0. The normalized spacial score (nSPS) is 17.8. The molecule has 32 heavy (non-hydrogen) atoms. The first-order valence-electron chi connectivity index (χ1n) is 10.0. The number of nitrogens with one attached hydrogen (secondary N) is 1. The second-order valence-corrected chi connectivity index (χ2v) is 8.68. The fraction of sp³-hybridized carbons (Fsp3) is 0.391. The lowest BCUT2D eigenvalue weighted by molar-refractivity contribution is -0.312. The van der Waals surface area contributed by atoms with Gasteiger partial charge in [0.2, 0.25) is 5.91 Å². The van der Waals surface area contributed by atoms with Crippen LogP contribution in [0, 0.1) is 17.7 Å². The van der Waals surface area contributed by atoms with Crippen molar-refractivity contribution < 1.29 is 32.3 Å². The molecule has 0 heterocycles. The van der Waals surface area contributed by atoms with E-state index in [1.807, 2.05) is 0 Å². The molecule has 1 unspecified atom stereocenters. The number of amides is 1. The van der Waals surface area contributed by atoms with Gasteiger partial charge in [0.15, 0.2) is 0 Å². The van der Waals surface area contributed by atoms with E-state index in [4.69, 9.17) is 11.6 Å². The Labute approximate surface area is 187 Å². The van der Waals surface area contributed by atoms with Crippen LogP contribution in [0.5, 0.6) is 0 Å². The Morgan fingerprint density at radius 1 is 1.09 bits per heavy atom. The molecule has 1 amide bonds. The molecule has 0 radical (unpaired) electrons. The summed E-state index contributed by atoms with van der Waals surface area (Å²) in [5.41, 5.74) is -0.492. The van der Waals surface area contributed by atoms with E-state index >= 15 is 0 Å². The van der Waals surface area contributed by atoms with Crippen molar-refractivity contribution in [1.29, 1.82) is 0 Å². The van der Waals surface area contributed by atoms with Gasteiger partial charge >= 0.3 is 6.18 Å². The molecule has 2 aromatic carbocycles. The van der Waals surface area contributed by atoms with Crippen molar-refractivity contribution in [2.24, 2.45) is 11.8 Å². The van der Waals surface area contributed by atoms with Gasteiger partial charge in [-0.2, -0.15) is 13.2 Å². The number of benzene rings is 2. The molecule has 1 aliphatic carbocycles. The van der Waals surface area contributed by atoms with E-state index in [1.165, 1.54) is 43.3 Å². The number of hydrogen-bond acceptors (Lipinski definition) is 3. The number of carbonyl (C=O) groups excluding carboxylic acids is 2. The minimum atomic E-state index is -4.68. The second-order valence-electron chi connectivity index (χ2n) is 8.24. The van der Waals surface area contributed by atoms with E-state index in [-0.39, 0.29) is 11.3 Å². The molecule has 1 fully saturated rings. The van der Waals surface area contributed by atoms with Crippen LogP contribution in [0.3, 0.4) is 0 Å². The standard InChI is InChI=1S/C23H22ClF4NO3/c1-12(23(26,27)28)19(14-3-6-16(24)7-4-14)20(30)29-18-11-15(5-8-17(18)25)22(9-10-22)13(2)21(31)32/h3-8,11-13,19H,9-10H2,1-2H3,(H,29,30)(H,31,32)/p-1/t12-,13?,19+/m1/s1. The number of carboxylic acids is 1. The number of alkyl halides is 3. The number of halogens is 5. The number of hydrogen-bond donors (Lipinski definition) is 1. The molecule has 172 valence electrons. The first-order valence-corrected chi connectivity index (χ1v) is 10.4. The van der Waals surface area contributed by atoms with Gasteiger partial charge in [-0.25, -0.2) is 4.39 Å². The molecule has 4 nitrogen and oxygen atoms in total. The monoisotopic (exact) mass is 470 g/mol. The molecule has 3 atom stereocenters. The highest BCUT2D eigenvalue weighted by Crippen LogP contribution is 2.54. The van der Waals surface area contributed by atoms with Gasteiger partial charge in [0.1, 0.15) is 5.82 Å². The first kappa shape index (κ1) is 24.0. The van der Waals surface area contributed by atoms with Crippen LogP contribution in [0.1, 0.15) is 43.7 Å². The number of rotatable bonds is 7. The summed E-state index contributed by atoms with van der Waals surface area (Å²) in [4.78, 5) is 24.3. The van der Waals surface area contributed by atoms with Crippen LogP contribution in [-0.4, -0.2) is 18.1 Å². The fourth-order valence-electron chi connectivity index (χ4n) is 4.00. The van der Waals surface area contributed by atoms with E-state index in [0.29, 0.717) is 23.4 Å². The Morgan fingerprint density at radius 2 is 1.69 bits per heavy atom. The van der Waals surface area contributed by atoms with Crippen molar-refractivity contribution in [3.05, 3.63) is 64.4 Å². The van der Waals surface area contributed by atoms with Crippen molar-refractivity contribution in [3.63, 3.8) is 0 Å². The van der Waals surface area contributed by atoms with Crippen LogP contribution in [0.2, 0.25) is 5.02 Å². The van der Waals surface area contributed by atoms with Crippen molar-refractivity contribution in [2.45, 2.75) is 44.2 Å². The van der Waals surface area contributed by atoms with Gasteiger partial charge in [-0.15, -0.1) is 0 Å². The summed E-state index contributed by atoms with van der Waals surface area (Å²) in [5.74, 6) is -7.67. The summed E-state index contributed by atoms with van der Waals surface area (Å²) in [5, 5.41) is 13.9. The van der Waals surface area contributed by atoms with E-state index in [1.54, 1.807) is 0 Å². The quantitative estimate of drug-likeness (QED) is 0.590. The van der Waals surface area contributed by atoms with Crippen molar-refractivity contribution in [2.75, 3.05) is 5.32 Å². The zero-order valence-corrected chi connectivity index (χ0v) is 18.1. The van der Waals surface area contributed by atoms with Crippen LogP contribution in [0.15, 0.2) is 42.5 Å². The van der Waals surface area contributed by atoms with E-state index in [9.17, 15) is 32.3 Å². The second kappa shape index (κ2) is 8.73. The summed E-state index contributed by atoms with van der Waals surface area (Å²) in [6, 6.07) is 9.17. The molecule has 1 aliphatic rings. The van der Waals surface area contributed by atoms with Gasteiger partial charge in [-0.05, 0) is 48.2 Å².